The van der Waals surface area contributed by atoms with Gasteiger partial charge in [-0.05, 0) is 32.1 Å². The maximum atomic E-state index is 12.0. The van der Waals surface area contributed by atoms with Crippen molar-refractivity contribution in [1.29, 1.82) is 5.41 Å². The smallest absolute Gasteiger partial charge is 0.317 e. The lowest BCUT2D eigenvalue weighted by molar-refractivity contribution is 0.181. The number of carbonyl (C=O) groups excluding carboxylic acids is 1. The van der Waals surface area contributed by atoms with Crippen LogP contribution in [-0.2, 0) is 0 Å². The zero-order valence-electron chi connectivity index (χ0n) is 10.2. The maximum absolute atomic E-state index is 12.0. The average molecular weight is 238 g/mol. The highest BCUT2D eigenvalue weighted by molar-refractivity contribution is 5.82. The van der Waals surface area contributed by atoms with Crippen LogP contribution in [0.1, 0.15) is 38.5 Å². The molecule has 5 nitrogen and oxygen atoms in total. The lowest BCUT2D eigenvalue weighted by Crippen LogP contribution is -2.49. The molecule has 1 saturated heterocycles. The molecule has 0 aromatic rings. The van der Waals surface area contributed by atoms with Gasteiger partial charge >= 0.3 is 6.03 Å². The molecule has 17 heavy (non-hydrogen) atoms. The van der Waals surface area contributed by atoms with Gasteiger partial charge in [0, 0.05) is 25.0 Å². The van der Waals surface area contributed by atoms with Crippen LogP contribution in [0.4, 0.5) is 4.79 Å². The summed E-state index contributed by atoms with van der Waals surface area (Å²) in [5.74, 6) is 0.259. The van der Waals surface area contributed by atoms with Crippen molar-refractivity contribution < 1.29 is 4.79 Å². The Morgan fingerprint density at radius 1 is 1.18 bits per heavy atom. The van der Waals surface area contributed by atoms with Crippen molar-refractivity contribution in [3.8, 4) is 0 Å². The highest BCUT2D eigenvalue weighted by Crippen LogP contribution is 2.25. The summed E-state index contributed by atoms with van der Waals surface area (Å²) < 4.78 is 0. The van der Waals surface area contributed by atoms with Crippen molar-refractivity contribution in [1.82, 2.24) is 10.2 Å². The first-order chi connectivity index (χ1) is 8.18. The van der Waals surface area contributed by atoms with Crippen molar-refractivity contribution in [2.75, 3.05) is 13.1 Å². The second kappa shape index (κ2) is 5.38. The fraction of sp³-hybridized carbons (Fsp3) is 0.833. The predicted molar refractivity (Wildman–Crippen MR) is 67.0 cm³/mol. The lowest BCUT2D eigenvalue weighted by atomic mass is 10.0. The van der Waals surface area contributed by atoms with Gasteiger partial charge in [0.05, 0.1) is 5.84 Å². The van der Waals surface area contributed by atoms with Gasteiger partial charge in [-0.3, -0.25) is 5.41 Å². The SMILES string of the molecule is N=C(N)C1CCCC1NC(=O)N1CCCCC1. The molecule has 1 heterocycles. The maximum Gasteiger partial charge on any atom is 0.317 e. The molecular weight excluding hydrogens is 216 g/mol. The fourth-order valence-corrected chi connectivity index (χ4v) is 2.85. The predicted octanol–water partition coefficient (Wildman–Crippen LogP) is 1.29. The van der Waals surface area contributed by atoms with Crippen LogP contribution in [0.15, 0.2) is 0 Å². The second-order valence-corrected chi connectivity index (χ2v) is 5.10. The van der Waals surface area contributed by atoms with E-state index in [0.717, 1.165) is 45.2 Å². The van der Waals surface area contributed by atoms with Crippen LogP contribution < -0.4 is 11.1 Å². The Hall–Kier alpha value is -1.26. The summed E-state index contributed by atoms with van der Waals surface area (Å²) in [6.07, 6.45) is 6.37. The molecule has 0 radical (unpaired) electrons. The molecule has 1 saturated carbocycles. The normalized spacial score (nSPS) is 29.1. The van der Waals surface area contributed by atoms with Gasteiger partial charge in [-0.15, -0.1) is 0 Å². The molecule has 96 valence electrons. The number of carbonyl (C=O) groups is 1. The van der Waals surface area contributed by atoms with Crippen LogP contribution in [0.5, 0.6) is 0 Å². The van der Waals surface area contributed by atoms with Crippen LogP contribution in [0.2, 0.25) is 0 Å². The number of nitrogens with two attached hydrogens (primary N) is 1. The number of urea groups is 1. The number of hydrogen-bond donors (Lipinski definition) is 3. The molecule has 4 N–H and O–H groups in total. The highest BCUT2D eigenvalue weighted by atomic mass is 16.2. The Labute approximate surface area is 102 Å². The summed E-state index contributed by atoms with van der Waals surface area (Å²) in [6.45, 7) is 1.73. The van der Waals surface area contributed by atoms with E-state index in [-0.39, 0.29) is 23.8 Å². The number of nitrogens with one attached hydrogen (secondary N) is 2. The molecule has 2 rings (SSSR count). The number of nitrogens with zero attached hydrogens (tertiary/aromatic N) is 1. The Balaban J connectivity index is 1.86. The number of piperidine rings is 1. The van der Waals surface area contributed by atoms with E-state index in [2.05, 4.69) is 5.32 Å². The number of rotatable bonds is 2. The van der Waals surface area contributed by atoms with Crippen molar-refractivity contribution in [3.05, 3.63) is 0 Å². The average Bonchev–Trinajstić information content (AvgIpc) is 2.78. The number of amidine groups is 1. The second-order valence-electron chi connectivity index (χ2n) is 5.10. The quantitative estimate of drug-likeness (QED) is 0.500. The summed E-state index contributed by atoms with van der Waals surface area (Å²) in [7, 11) is 0. The lowest BCUT2D eigenvalue weighted by Gasteiger charge is -2.29. The Morgan fingerprint density at radius 3 is 2.53 bits per heavy atom. The van der Waals surface area contributed by atoms with Crippen molar-refractivity contribution in [3.63, 3.8) is 0 Å². The molecule has 1 aliphatic carbocycles. The highest BCUT2D eigenvalue weighted by Gasteiger charge is 2.31. The molecule has 2 unspecified atom stereocenters. The van der Waals surface area contributed by atoms with E-state index in [1.165, 1.54) is 6.42 Å². The minimum atomic E-state index is 0.0304. The van der Waals surface area contributed by atoms with Gasteiger partial charge in [0.1, 0.15) is 0 Å². The molecule has 2 atom stereocenters. The summed E-state index contributed by atoms with van der Waals surface area (Å²) in [6, 6.07) is 0.102. The van der Waals surface area contributed by atoms with Gasteiger partial charge in [0.2, 0.25) is 0 Å². The molecule has 0 bridgehead atoms. The van der Waals surface area contributed by atoms with Gasteiger partial charge < -0.3 is 16.0 Å². The van der Waals surface area contributed by atoms with Gasteiger partial charge in [-0.25, -0.2) is 4.79 Å². The Morgan fingerprint density at radius 2 is 1.88 bits per heavy atom. The number of amides is 2. The molecule has 5 heteroatoms. The minimum Gasteiger partial charge on any atom is -0.387 e. The summed E-state index contributed by atoms with van der Waals surface area (Å²) >= 11 is 0. The van der Waals surface area contributed by atoms with Gasteiger partial charge in [-0.1, -0.05) is 6.42 Å². The zero-order valence-corrected chi connectivity index (χ0v) is 10.2. The van der Waals surface area contributed by atoms with E-state index in [1.54, 1.807) is 0 Å². The van der Waals surface area contributed by atoms with Gasteiger partial charge in [0.15, 0.2) is 0 Å². The van der Waals surface area contributed by atoms with Crippen molar-refractivity contribution in [2.24, 2.45) is 11.7 Å². The zero-order chi connectivity index (χ0) is 12.3. The molecule has 0 spiro atoms. The monoisotopic (exact) mass is 238 g/mol. The first-order valence-electron chi connectivity index (χ1n) is 6.58. The van der Waals surface area contributed by atoms with E-state index in [0.29, 0.717) is 0 Å². The van der Waals surface area contributed by atoms with E-state index in [9.17, 15) is 4.79 Å². The Kier molecular flexibility index (Phi) is 3.86. The van der Waals surface area contributed by atoms with Gasteiger partial charge in [0.25, 0.3) is 0 Å². The first kappa shape index (κ1) is 12.2. The topological polar surface area (TPSA) is 82.2 Å². The van der Waals surface area contributed by atoms with Crippen molar-refractivity contribution in [2.45, 2.75) is 44.6 Å². The third-order valence-corrected chi connectivity index (χ3v) is 3.87. The molecule has 0 aromatic heterocycles. The Bertz CT molecular complexity index is 299. The van der Waals surface area contributed by atoms with Crippen LogP contribution in [0.3, 0.4) is 0 Å². The molecular formula is C12H22N4O. The van der Waals surface area contributed by atoms with Crippen LogP contribution in [0, 0.1) is 11.3 Å². The summed E-state index contributed by atoms with van der Waals surface area (Å²) in [5, 5.41) is 10.6. The fourth-order valence-electron chi connectivity index (χ4n) is 2.85. The summed E-state index contributed by atoms with van der Waals surface area (Å²) in [5.41, 5.74) is 5.56. The molecule has 0 aromatic carbocycles. The van der Waals surface area contributed by atoms with Crippen molar-refractivity contribution >= 4 is 11.9 Å². The van der Waals surface area contributed by atoms with E-state index in [4.69, 9.17) is 11.1 Å². The third kappa shape index (κ3) is 2.90. The molecule has 2 amide bonds. The summed E-state index contributed by atoms with van der Waals surface area (Å²) in [4.78, 5) is 13.9. The number of hydrogen-bond acceptors (Lipinski definition) is 2. The molecule has 1 aliphatic heterocycles. The van der Waals surface area contributed by atoms with E-state index in [1.807, 2.05) is 4.90 Å². The van der Waals surface area contributed by atoms with E-state index >= 15 is 0 Å². The minimum absolute atomic E-state index is 0.0304. The van der Waals surface area contributed by atoms with Gasteiger partial charge in [-0.2, -0.15) is 0 Å². The van der Waals surface area contributed by atoms with Crippen LogP contribution in [0.25, 0.3) is 0 Å². The third-order valence-electron chi connectivity index (χ3n) is 3.87. The van der Waals surface area contributed by atoms with Crippen LogP contribution >= 0.6 is 0 Å². The molecule has 2 aliphatic rings. The first-order valence-corrected chi connectivity index (χ1v) is 6.58. The van der Waals surface area contributed by atoms with Crippen LogP contribution in [-0.4, -0.2) is 35.9 Å². The largest absolute Gasteiger partial charge is 0.387 e. The molecule has 2 fully saturated rings. The van der Waals surface area contributed by atoms with E-state index < -0.39 is 0 Å². The standard InChI is InChI=1S/C12H22N4O/c13-11(14)9-5-4-6-10(9)15-12(17)16-7-2-1-3-8-16/h9-10H,1-8H2,(H3,13,14)(H,15,17). The number of likely N-dealkylation sites (tertiary alicyclic amines) is 1.